The van der Waals surface area contributed by atoms with Gasteiger partial charge in [-0.2, -0.15) is 0 Å². The highest BCUT2D eigenvalue weighted by Gasteiger charge is 2.24. The van der Waals surface area contributed by atoms with Crippen LogP contribution in [0.5, 0.6) is 0 Å². The minimum absolute atomic E-state index is 0.0239. The first-order valence-electron chi connectivity index (χ1n) is 5.53. The Kier molecular flexibility index (Phi) is 3.54. The molecule has 17 heavy (non-hydrogen) atoms. The van der Waals surface area contributed by atoms with E-state index in [1.165, 1.54) is 0 Å². The van der Waals surface area contributed by atoms with E-state index in [4.69, 9.17) is 22.1 Å². The number of nitrogens with two attached hydrogens (primary N) is 1. The molecule has 0 aliphatic carbocycles. The maximum Gasteiger partial charge on any atom is 0.254 e. The Bertz CT molecular complexity index is 437. The van der Waals surface area contributed by atoms with Gasteiger partial charge in [0.15, 0.2) is 0 Å². The number of nitrogens with zero attached hydrogens (tertiary/aromatic N) is 1. The number of morpholine rings is 1. The zero-order valence-corrected chi connectivity index (χ0v) is 10.4. The molecule has 4 nitrogen and oxygen atoms in total. The molecule has 0 radical (unpaired) electrons. The third-order valence-electron chi connectivity index (χ3n) is 2.87. The number of hydrogen-bond donors (Lipinski definition) is 1. The van der Waals surface area contributed by atoms with Crippen LogP contribution in [0.4, 0.5) is 5.69 Å². The van der Waals surface area contributed by atoms with Crippen LogP contribution in [-0.2, 0) is 4.74 Å². The first-order valence-corrected chi connectivity index (χ1v) is 5.91. The molecule has 92 valence electrons. The fourth-order valence-corrected chi connectivity index (χ4v) is 1.99. The summed E-state index contributed by atoms with van der Waals surface area (Å²) in [5.74, 6) is -0.0239. The molecule has 1 saturated heterocycles. The number of anilines is 1. The summed E-state index contributed by atoms with van der Waals surface area (Å²) in [7, 11) is 0. The molecule has 1 aliphatic heterocycles. The molecule has 1 aromatic rings. The molecule has 1 aliphatic rings. The first kappa shape index (κ1) is 12.2. The number of nitrogen functional groups attached to an aromatic ring is 1. The van der Waals surface area contributed by atoms with Crippen LogP contribution in [0, 0.1) is 0 Å². The third-order valence-corrected chi connectivity index (χ3v) is 3.22. The Hall–Kier alpha value is -1.26. The lowest BCUT2D eigenvalue weighted by Crippen LogP contribution is -2.47. The van der Waals surface area contributed by atoms with E-state index < -0.39 is 0 Å². The average molecular weight is 255 g/mol. The predicted octanol–water partition coefficient (Wildman–Crippen LogP) is 1.78. The van der Waals surface area contributed by atoms with Crippen molar-refractivity contribution in [3.05, 3.63) is 28.8 Å². The summed E-state index contributed by atoms with van der Waals surface area (Å²) < 4.78 is 5.30. The molecule has 1 atom stereocenters. The lowest BCUT2D eigenvalue weighted by Gasteiger charge is -2.33. The zero-order chi connectivity index (χ0) is 12.4. The van der Waals surface area contributed by atoms with Gasteiger partial charge >= 0.3 is 0 Å². The van der Waals surface area contributed by atoms with Gasteiger partial charge in [0.1, 0.15) is 0 Å². The Morgan fingerprint density at radius 3 is 3.00 bits per heavy atom. The van der Waals surface area contributed by atoms with E-state index in [-0.39, 0.29) is 11.9 Å². The highest BCUT2D eigenvalue weighted by molar-refractivity contribution is 6.33. The molecule has 0 aromatic heterocycles. The van der Waals surface area contributed by atoms with Crippen molar-refractivity contribution in [2.75, 3.05) is 25.5 Å². The molecule has 2 rings (SSSR count). The first-order chi connectivity index (χ1) is 8.09. The minimum Gasteiger partial charge on any atom is -0.398 e. The molecule has 1 aromatic carbocycles. The molecular formula is C12H15ClN2O2. The predicted molar refractivity (Wildman–Crippen MR) is 67.2 cm³/mol. The maximum atomic E-state index is 12.2. The molecule has 1 fully saturated rings. The summed E-state index contributed by atoms with van der Waals surface area (Å²) in [6.45, 7) is 3.74. The van der Waals surface area contributed by atoms with Crippen LogP contribution in [-0.4, -0.2) is 36.6 Å². The van der Waals surface area contributed by atoms with Crippen molar-refractivity contribution < 1.29 is 9.53 Å². The normalized spacial score (nSPS) is 20.4. The summed E-state index contributed by atoms with van der Waals surface area (Å²) >= 11 is 5.83. The largest absolute Gasteiger partial charge is 0.398 e. The Balaban J connectivity index is 2.21. The number of halogens is 1. The van der Waals surface area contributed by atoms with Crippen molar-refractivity contribution in [1.82, 2.24) is 4.90 Å². The number of benzene rings is 1. The quantitative estimate of drug-likeness (QED) is 0.778. The number of amides is 1. The van der Waals surface area contributed by atoms with E-state index in [2.05, 4.69) is 0 Å². The second kappa shape index (κ2) is 4.94. The van der Waals surface area contributed by atoms with Gasteiger partial charge in [-0.1, -0.05) is 11.6 Å². The number of rotatable bonds is 1. The van der Waals surface area contributed by atoms with Crippen molar-refractivity contribution in [2.45, 2.75) is 13.0 Å². The summed E-state index contributed by atoms with van der Waals surface area (Å²) in [5, 5.41) is 0.469. The van der Waals surface area contributed by atoms with Crippen LogP contribution >= 0.6 is 11.6 Å². The molecule has 2 N–H and O–H groups in total. The topological polar surface area (TPSA) is 55.6 Å². The molecular weight excluding hydrogens is 240 g/mol. The van der Waals surface area contributed by atoms with Crippen molar-refractivity contribution in [3.63, 3.8) is 0 Å². The van der Waals surface area contributed by atoms with Crippen LogP contribution < -0.4 is 5.73 Å². The van der Waals surface area contributed by atoms with Crippen LogP contribution in [0.25, 0.3) is 0 Å². The fraction of sp³-hybridized carbons (Fsp3) is 0.417. The Morgan fingerprint density at radius 1 is 1.59 bits per heavy atom. The van der Waals surface area contributed by atoms with E-state index in [1.54, 1.807) is 23.1 Å². The SMILES string of the molecule is CC1COCCN1C(=O)c1ccc(Cl)c(N)c1. The van der Waals surface area contributed by atoms with E-state index in [1.807, 2.05) is 6.92 Å². The molecule has 0 spiro atoms. The minimum atomic E-state index is -0.0239. The highest BCUT2D eigenvalue weighted by atomic mass is 35.5. The van der Waals surface area contributed by atoms with Gasteiger partial charge in [-0.05, 0) is 25.1 Å². The highest BCUT2D eigenvalue weighted by Crippen LogP contribution is 2.21. The monoisotopic (exact) mass is 254 g/mol. The standard InChI is InChI=1S/C12H15ClN2O2/c1-8-7-17-5-4-15(8)12(16)9-2-3-10(13)11(14)6-9/h2-3,6,8H,4-5,7,14H2,1H3. The molecule has 5 heteroatoms. The fourth-order valence-electron chi connectivity index (χ4n) is 1.87. The van der Waals surface area contributed by atoms with Gasteiger partial charge in [0, 0.05) is 12.1 Å². The third kappa shape index (κ3) is 2.53. The van der Waals surface area contributed by atoms with Crippen LogP contribution in [0.15, 0.2) is 18.2 Å². The average Bonchev–Trinajstić information content (AvgIpc) is 2.32. The number of ether oxygens (including phenoxy) is 1. The van der Waals surface area contributed by atoms with E-state index in [9.17, 15) is 4.79 Å². The molecule has 1 heterocycles. The van der Waals surface area contributed by atoms with Crippen molar-refractivity contribution >= 4 is 23.2 Å². The van der Waals surface area contributed by atoms with Crippen LogP contribution in [0.2, 0.25) is 5.02 Å². The summed E-state index contributed by atoms with van der Waals surface area (Å²) in [6, 6.07) is 5.05. The van der Waals surface area contributed by atoms with Crippen LogP contribution in [0.1, 0.15) is 17.3 Å². The Labute approximate surface area is 105 Å². The van der Waals surface area contributed by atoms with Gasteiger partial charge in [-0.3, -0.25) is 4.79 Å². The van der Waals surface area contributed by atoms with Crippen molar-refractivity contribution in [1.29, 1.82) is 0 Å². The smallest absolute Gasteiger partial charge is 0.254 e. The number of hydrogen-bond acceptors (Lipinski definition) is 3. The molecule has 1 unspecified atom stereocenters. The lowest BCUT2D eigenvalue weighted by atomic mass is 10.1. The zero-order valence-electron chi connectivity index (χ0n) is 9.65. The van der Waals surface area contributed by atoms with Gasteiger partial charge in [0.2, 0.25) is 0 Å². The van der Waals surface area contributed by atoms with E-state index in [0.717, 1.165) is 0 Å². The lowest BCUT2D eigenvalue weighted by molar-refractivity contribution is 0.00360. The molecule has 0 bridgehead atoms. The summed E-state index contributed by atoms with van der Waals surface area (Å²) in [5.41, 5.74) is 6.69. The summed E-state index contributed by atoms with van der Waals surface area (Å²) in [4.78, 5) is 14.0. The number of carbonyl (C=O) groups excluding carboxylic acids is 1. The molecule has 0 saturated carbocycles. The summed E-state index contributed by atoms with van der Waals surface area (Å²) in [6.07, 6.45) is 0. The van der Waals surface area contributed by atoms with Gasteiger partial charge in [0.05, 0.1) is 30.0 Å². The van der Waals surface area contributed by atoms with E-state index in [0.29, 0.717) is 36.0 Å². The molecule has 1 amide bonds. The second-order valence-corrected chi connectivity index (χ2v) is 4.57. The Morgan fingerprint density at radius 2 is 2.35 bits per heavy atom. The van der Waals surface area contributed by atoms with Gasteiger partial charge in [-0.25, -0.2) is 0 Å². The van der Waals surface area contributed by atoms with Crippen molar-refractivity contribution in [2.24, 2.45) is 0 Å². The number of carbonyl (C=O) groups is 1. The van der Waals surface area contributed by atoms with Gasteiger partial charge in [0.25, 0.3) is 5.91 Å². The van der Waals surface area contributed by atoms with Crippen LogP contribution in [0.3, 0.4) is 0 Å². The second-order valence-electron chi connectivity index (χ2n) is 4.16. The van der Waals surface area contributed by atoms with Crippen molar-refractivity contribution in [3.8, 4) is 0 Å². The van der Waals surface area contributed by atoms with Gasteiger partial charge in [-0.15, -0.1) is 0 Å². The van der Waals surface area contributed by atoms with Gasteiger partial charge < -0.3 is 15.4 Å². The van der Waals surface area contributed by atoms with E-state index >= 15 is 0 Å². The maximum absolute atomic E-state index is 12.2.